The lowest BCUT2D eigenvalue weighted by Gasteiger charge is -2.17. The topological polar surface area (TPSA) is 49.6 Å². The number of pyridine rings is 1. The summed E-state index contributed by atoms with van der Waals surface area (Å²) in [7, 11) is 0. The van der Waals surface area contributed by atoms with Crippen molar-refractivity contribution in [1.82, 2.24) is 9.97 Å². The molecule has 0 spiro atoms. The zero-order chi connectivity index (χ0) is 17.7. The van der Waals surface area contributed by atoms with E-state index < -0.39 is 0 Å². The van der Waals surface area contributed by atoms with E-state index in [0.29, 0.717) is 12.5 Å². The van der Waals surface area contributed by atoms with E-state index >= 15 is 0 Å². The van der Waals surface area contributed by atoms with Crippen molar-refractivity contribution in [3.63, 3.8) is 0 Å². The van der Waals surface area contributed by atoms with Crippen molar-refractivity contribution in [2.75, 3.05) is 0 Å². The SMILES string of the molecule is C[C@@H]1CCc2c(sc3nc(C[n+]4ccc5c(c4)CCCC5)[nH]c(=O)c23)C1. The van der Waals surface area contributed by atoms with E-state index in [9.17, 15) is 4.79 Å². The molecule has 134 valence electrons. The summed E-state index contributed by atoms with van der Waals surface area (Å²) >= 11 is 1.72. The number of fused-ring (bicyclic) bond motifs is 4. The van der Waals surface area contributed by atoms with Crippen LogP contribution in [0.2, 0.25) is 0 Å². The molecule has 3 aromatic rings. The van der Waals surface area contributed by atoms with Crippen LogP contribution in [0.4, 0.5) is 0 Å². The molecule has 3 aromatic heterocycles. The lowest BCUT2D eigenvalue weighted by atomic mass is 9.89. The van der Waals surface area contributed by atoms with Crippen LogP contribution >= 0.6 is 11.3 Å². The van der Waals surface area contributed by atoms with E-state index in [0.717, 1.165) is 35.3 Å². The highest BCUT2D eigenvalue weighted by Gasteiger charge is 2.23. The number of rotatable bonds is 2. The van der Waals surface area contributed by atoms with E-state index in [1.54, 1.807) is 11.3 Å². The second-order valence-corrected chi connectivity index (χ2v) is 9.00. The average Bonchev–Trinajstić information content (AvgIpc) is 2.99. The standard InChI is InChI=1S/C21H23N3OS/c1-13-6-7-16-17(10-13)26-21-19(16)20(25)22-18(23-21)12-24-9-8-14-4-2-3-5-15(14)11-24/h8-9,11,13H,2-7,10,12H2,1H3/p+1/t13-/m1/s1. The summed E-state index contributed by atoms with van der Waals surface area (Å²) in [5.74, 6) is 1.47. The van der Waals surface area contributed by atoms with Crippen LogP contribution in [0.5, 0.6) is 0 Å². The number of aromatic amines is 1. The highest BCUT2D eigenvalue weighted by molar-refractivity contribution is 7.18. The van der Waals surface area contributed by atoms with Gasteiger partial charge in [0, 0.05) is 16.5 Å². The maximum Gasteiger partial charge on any atom is 0.260 e. The number of aromatic nitrogens is 3. The fourth-order valence-electron chi connectivity index (χ4n) is 4.46. The van der Waals surface area contributed by atoms with Gasteiger partial charge in [0.05, 0.1) is 5.39 Å². The third-order valence-electron chi connectivity index (χ3n) is 5.89. The molecule has 2 aliphatic rings. The normalized spacial score (nSPS) is 19.3. The molecule has 5 heteroatoms. The van der Waals surface area contributed by atoms with Gasteiger partial charge >= 0.3 is 0 Å². The van der Waals surface area contributed by atoms with Crippen molar-refractivity contribution >= 4 is 21.6 Å². The van der Waals surface area contributed by atoms with Crippen molar-refractivity contribution in [1.29, 1.82) is 0 Å². The van der Waals surface area contributed by atoms with E-state index in [4.69, 9.17) is 4.98 Å². The molecule has 0 unspecified atom stereocenters. The van der Waals surface area contributed by atoms with Gasteiger partial charge in [-0.1, -0.05) is 6.92 Å². The fraction of sp³-hybridized carbons (Fsp3) is 0.476. The van der Waals surface area contributed by atoms with Crippen LogP contribution in [-0.4, -0.2) is 9.97 Å². The number of nitrogens with zero attached hydrogens (tertiary/aromatic N) is 2. The van der Waals surface area contributed by atoms with Crippen LogP contribution in [0.25, 0.3) is 10.2 Å². The zero-order valence-corrected chi connectivity index (χ0v) is 16.0. The van der Waals surface area contributed by atoms with Crippen molar-refractivity contribution < 1.29 is 4.57 Å². The zero-order valence-electron chi connectivity index (χ0n) is 15.2. The minimum absolute atomic E-state index is 0.0376. The van der Waals surface area contributed by atoms with Crippen LogP contribution in [0.15, 0.2) is 23.3 Å². The summed E-state index contributed by atoms with van der Waals surface area (Å²) in [4.78, 5) is 22.9. The third kappa shape index (κ3) is 2.78. The molecule has 3 heterocycles. The second kappa shape index (κ2) is 6.31. The lowest BCUT2D eigenvalue weighted by molar-refractivity contribution is -0.689. The minimum Gasteiger partial charge on any atom is -0.305 e. The number of aryl methyl sites for hydroxylation is 3. The van der Waals surface area contributed by atoms with Gasteiger partial charge in [-0.15, -0.1) is 11.3 Å². The number of hydrogen-bond donors (Lipinski definition) is 1. The Kier molecular flexibility index (Phi) is 3.92. The Bertz CT molecular complexity index is 1050. The summed E-state index contributed by atoms with van der Waals surface area (Å²) in [5, 5.41) is 0.844. The van der Waals surface area contributed by atoms with Gasteiger partial charge in [-0.05, 0) is 62.0 Å². The van der Waals surface area contributed by atoms with Crippen molar-refractivity contribution in [2.45, 2.75) is 58.4 Å². The highest BCUT2D eigenvalue weighted by Crippen LogP contribution is 2.35. The number of H-pyrrole nitrogens is 1. The number of nitrogens with one attached hydrogen (secondary N) is 1. The molecular formula is C21H24N3OS+. The van der Waals surface area contributed by atoms with Gasteiger partial charge < -0.3 is 4.98 Å². The van der Waals surface area contributed by atoms with Crippen LogP contribution in [0, 0.1) is 5.92 Å². The smallest absolute Gasteiger partial charge is 0.260 e. The van der Waals surface area contributed by atoms with E-state index in [1.165, 1.54) is 47.3 Å². The lowest BCUT2D eigenvalue weighted by Crippen LogP contribution is -2.36. The van der Waals surface area contributed by atoms with Crippen LogP contribution in [0.1, 0.15) is 53.6 Å². The Hall–Kier alpha value is -2.01. The van der Waals surface area contributed by atoms with Gasteiger partial charge in [-0.3, -0.25) is 4.79 Å². The minimum atomic E-state index is 0.0376. The van der Waals surface area contributed by atoms with Gasteiger partial charge in [-0.25, -0.2) is 4.98 Å². The van der Waals surface area contributed by atoms with E-state index in [1.807, 2.05) is 0 Å². The van der Waals surface area contributed by atoms with Gasteiger partial charge in [0.1, 0.15) is 4.83 Å². The molecule has 0 saturated heterocycles. The molecular weight excluding hydrogens is 342 g/mol. The molecule has 0 saturated carbocycles. The first-order valence-electron chi connectivity index (χ1n) is 9.71. The summed E-state index contributed by atoms with van der Waals surface area (Å²) in [6.45, 7) is 2.92. The number of thiophene rings is 1. The van der Waals surface area contributed by atoms with Gasteiger partial charge in [0.15, 0.2) is 18.2 Å². The van der Waals surface area contributed by atoms with Crippen LogP contribution in [-0.2, 0) is 32.2 Å². The Labute approximate surface area is 156 Å². The largest absolute Gasteiger partial charge is 0.305 e. The summed E-state index contributed by atoms with van der Waals surface area (Å²) in [5.41, 5.74) is 4.22. The van der Waals surface area contributed by atoms with Crippen molar-refractivity contribution in [3.8, 4) is 0 Å². The third-order valence-corrected chi connectivity index (χ3v) is 7.04. The Morgan fingerprint density at radius 1 is 1.27 bits per heavy atom. The summed E-state index contributed by atoms with van der Waals surface area (Å²) in [6.07, 6.45) is 12.6. The molecule has 0 radical (unpaired) electrons. The molecule has 0 fully saturated rings. The van der Waals surface area contributed by atoms with Gasteiger partial charge in [-0.2, -0.15) is 4.57 Å². The fourth-order valence-corrected chi connectivity index (χ4v) is 5.86. The Morgan fingerprint density at radius 2 is 2.12 bits per heavy atom. The van der Waals surface area contributed by atoms with Gasteiger partial charge in [0.2, 0.25) is 6.54 Å². The molecule has 0 aliphatic heterocycles. The Balaban J connectivity index is 1.51. The summed E-state index contributed by atoms with van der Waals surface area (Å²) < 4.78 is 2.16. The Morgan fingerprint density at radius 3 is 3.00 bits per heavy atom. The highest BCUT2D eigenvalue weighted by atomic mass is 32.1. The molecule has 0 amide bonds. The van der Waals surface area contributed by atoms with Crippen molar-refractivity contribution in [2.24, 2.45) is 5.92 Å². The van der Waals surface area contributed by atoms with Crippen molar-refractivity contribution in [3.05, 3.63) is 56.2 Å². The molecule has 2 aliphatic carbocycles. The molecule has 5 rings (SSSR count). The first-order chi connectivity index (χ1) is 12.7. The van der Waals surface area contributed by atoms with E-state index in [2.05, 4.69) is 34.9 Å². The van der Waals surface area contributed by atoms with Crippen LogP contribution in [0.3, 0.4) is 0 Å². The number of hydrogen-bond acceptors (Lipinski definition) is 3. The molecule has 1 N–H and O–H groups in total. The second-order valence-electron chi connectivity index (χ2n) is 7.92. The quantitative estimate of drug-likeness (QED) is 0.707. The predicted octanol–water partition coefficient (Wildman–Crippen LogP) is 3.32. The van der Waals surface area contributed by atoms with Crippen LogP contribution < -0.4 is 10.1 Å². The van der Waals surface area contributed by atoms with Gasteiger partial charge in [0.25, 0.3) is 5.56 Å². The first kappa shape index (κ1) is 16.2. The average molecular weight is 367 g/mol. The van der Waals surface area contributed by atoms with E-state index in [-0.39, 0.29) is 5.56 Å². The predicted molar refractivity (Wildman–Crippen MR) is 104 cm³/mol. The molecule has 4 nitrogen and oxygen atoms in total. The first-order valence-corrected chi connectivity index (χ1v) is 10.5. The molecule has 0 aromatic carbocycles. The molecule has 26 heavy (non-hydrogen) atoms. The summed E-state index contributed by atoms with van der Waals surface area (Å²) in [6, 6.07) is 2.23. The molecule has 0 bridgehead atoms. The maximum atomic E-state index is 12.7. The molecule has 1 atom stereocenters. The maximum absolute atomic E-state index is 12.7. The monoisotopic (exact) mass is 366 g/mol.